The van der Waals surface area contributed by atoms with Crippen LogP contribution in [0.5, 0.6) is 5.75 Å². The standard InChI is InChI=1S/C17H20O3S/c1-3-5-13-10-16(20-17(18)19-4-2)15-9-7-12(11-21)6-8-14(13)15/h6-10,21H,3-5,11H2,1-2H3. The smallest absolute Gasteiger partial charge is 0.434 e. The lowest BCUT2D eigenvalue weighted by Crippen LogP contribution is -2.09. The molecule has 0 aliphatic heterocycles. The van der Waals surface area contributed by atoms with Crippen LogP contribution in [-0.4, -0.2) is 12.8 Å². The summed E-state index contributed by atoms with van der Waals surface area (Å²) in [5.41, 5.74) is 4.36. The van der Waals surface area contributed by atoms with Crippen LogP contribution >= 0.6 is 12.6 Å². The van der Waals surface area contributed by atoms with E-state index in [0.29, 0.717) is 18.1 Å². The maximum Gasteiger partial charge on any atom is 0.513 e. The summed E-state index contributed by atoms with van der Waals surface area (Å²) in [6, 6.07) is 10.1. The van der Waals surface area contributed by atoms with Gasteiger partial charge in [0.1, 0.15) is 5.75 Å². The van der Waals surface area contributed by atoms with E-state index in [1.54, 1.807) is 6.92 Å². The first-order valence-corrected chi connectivity index (χ1v) is 7.82. The molecule has 2 aliphatic carbocycles. The molecule has 3 nitrogen and oxygen atoms in total. The molecular weight excluding hydrogens is 284 g/mol. The minimum atomic E-state index is -0.659. The van der Waals surface area contributed by atoms with E-state index < -0.39 is 6.16 Å². The first kappa shape index (κ1) is 15.7. The van der Waals surface area contributed by atoms with Crippen molar-refractivity contribution in [3.63, 3.8) is 0 Å². The molecule has 0 amide bonds. The minimum absolute atomic E-state index is 0.302. The second kappa shape index (κ2) is 7.36. The summed E-state index contributed by atoms with van der Waals surface area (Å²) in [6.45, 7) is 4.19. The number of thiol groups is 1. The van der Waals surface area contributed by atoms with Gasteiger partial charge in [-0.25, -0.2) is 4.79 Å². The number of aryl methyl sites for hydroxylation is 1. The van der Waals surface area contributed by atoms with E-state index in [1.165, 1.54) is 5.56 Å². The molecule has 0 fully saturated rings. The Labute approximate surface area is 131 Å². The summed E-state index contributed by atoms with van der Waals surface area (Å²) < 4.78 is 10.2. The third kappa shape index (κ3) is 3.70. The van der Waals surface area contributed by atoms with Crippen molar-refractivity contribution in [3.05, 3.63) is 41.5 Å². The van der Waals surface area contributed by atoms with Gasteiger partial charge in [-0.15, -0.1) is 0 Å². The predicted molar refractivity (Wildman–Crippen MR) is 87.4 cm³/mol. The Balaban J connectivity index is 2.43. The lowest BCUT2D eigenvalue weighted by atomic mass is 10.1. The first-order valence-electron chi connectivity index (χ1n) is 7.19. The number of hydrogen-bond acceptors (Lipinski definition) is 4. The highest BCUT2D eigenvalue weighted by Gasteiger charge is 2.18. The molecule has 0 aromatic carbocycles. The fourth-order valence-electron chi connectivity index (χ4n) is 2.33. The van der Waals surface area contributed by atoms with Crippen molar-refractivity contribution < 1.29 is 14.3 Å². The van der Waals surface area contributed by atoms with Gasteiger partial charge in [-0.3, -0.25) is 0 Å². The Morgan fingerprint density at radius 1 is 1.14 bits per heavy atom. The van der Waals surface area contributed by atoms with Crippen LogP contribution in [0.15, 0.2) is 30.3 Å². The third-order valence-electron chi connectivity index (χ3n) is 3.29. The average molecular weight is 304 g/mol. The maximum atomic E-state index is 11.6. The fourth-order valence-corrected chi connectivity index (χ4v) is 2.54. The molecule has 0 heterocycles. The minimum Gasteiger partial charge on any atom is -0.434 e. The van der Waals surface area contributed by atoms with Crippen LogP contribution in [0.3, 0.4) is 0 Å². The zero-order chi connectivity index (χ0) is 15.2. The zero-order valence-electron chi connectivity index (χ0n) is 12.4. The van der Waals surface area contributed by atoms with Crippen molar-refractivity contribution >= 4 is 18.8 Å². The van der Waals surface area contributed by atoms with Gasteiger partial charge >= 0.3 is 6.16 Å². The number of carbonyl (C=O) groups is 1. The molecule has 0 N–H and O–H groups in total. The molecule has 0 saturated heterocycles. The van der Waals surface area contributed by atoms with Crippen LogP contribution in [0, 0.1) is 0 Å². The lowest BCUT2D eigenvalue weighted by Gasteiger charge is -2.03. The topological polar surface area (TPSA) is 35.5 Å². The van der Waals surface area contributed by atoms with Gasteiger partial charge in [-0.2, -0.15) is 12.6 Å². The summed E-state index contributed by atoms with van der Waals surface area (Å²) in [7, 11) is 0. The Hall–Kier alpha value is -1.68. The quantitative estimate of drug-likeness (QED) is 0.642. The highest BCUT2D eigenvalue weighted by molar-refractivity contribution is 7.79. The second-order valence-electron chi connectivity index (χ2n) is 4.80. The molecule has 21 heavy (non-hydrogen) atoms. The van der Waals surface area contributed by atoms with Gasteiger partial charge in [-0.05, 0) is 36.1 Å². The van der Waals surface area contributed by atoms with Gasteiger partial charge in [-0.1, -0.05) is 37.6 Å². The molecule has 0 saturated carbocycles. The highest BCUT2D eigenvalue weighted by Crippen LogP contribution is 2.38. The molecule has 0 spiro atoms. The van der Waals surface area contributed by atoms with E-state index in [4.69, 9.17) is 9.47 Å². The molecule has 0 radical (unpaired) electrons. The van der Waals surface area contributed by atoms with Crippen molar-refractivity contribution in [2.45, 2.75) is 32.4 Å². The molecule has 0 aromatic rings. The van der Waals surface area contributed by atoms with E-state index in [9.17, 15) is 4.79 Å². The van der Waals surface area contributed by atoms with Gasteiger partial charge in [0, 0.05) is 11.3 Å². The van der Waals surface area contributed by atoms with Crippen LogP contribution in [-0.2, 0) is 16.9 Å². The maximum absolute atomic E-state index is 11.6. The Bertz CT molecular complexity index is 595. The first-order chi connectivity index (χ1) is 10.2. The van der Waals surface area contributed by atoms with Crippen molar-refractivity contribution in [1.29, 1.82) is 0 Å². The molecule has 0 unspecified atom stereocenters. The van der Waals surface area contributed by atoms with Crippen molar-refractivity contribution in [1.82, 2.24) is 0 Å². The number of ether oxygens (including phenoxy) is 2. The Morgan fingerprint density at radius 3 is 2.48 bits per heavy atom. The van der Waals surface area contributed by atoms with Gasteiger partial charge in [0.25, 0.3) is 0 Å². The SMILES string of the molecule is CCCc1cc(OC(=O)OCC)c2ccc(CS)ccc1-2. The summed E-state index contributed by atoms with van der Waals surface area (Å²) in [4.78, 5) is 11.6. The summed E-state index contributed by atoms with van der Waals surface area (Å²) in [5, 5.41) is 0. The van der Waals surface area contributed by atoms with Crippen LogP contribution in [0.25, 0.3) is 11.1 Å². The lowest BCUT2D eigenvalue weighted by molar-refractivity contribution is 0.104. The number of fused-ring (bicyclic) bond motifs is 1. The number of hydrogen-bond donors (Lipinski definition) is 1. The molecule has 2 aliphatic rings. The van der Waals surface area contributed by atoms with Gasteiger partial charge in [0.15, 0.2) is 0 Å². The molecular formula is C17H20O3S. The Morgan fingerprint density at radius 2 is 1.86 bits per heavy atom. The van der Waals surface area contributed by atoms with Crippen LogP contribution in [0.2, 0.25) is 0 Å². The average Bonchev–Trinajstić information content (AvgIpc) is 2.65. The van der Waals surface area contributed by atoms with Gasteiger partial charge in [0.05, 0.1) is 6.61 Å². The van der Waals surface area contributed by atoms with Crippen LogP contribution < -0.4 is 4.74 Å². The normalized spacial score (nSPS) is 10.6. The van der Waals surface area contributed by atoms with Crippen molar-refractivity contribution in [3.8, 4) is 16.9 Å². The number of rotatable bonds is 5. The molecule has 4 heteroatoms. The van der Waals surface area contributed by atoms with Crippen LogP contribution in [0.4, 0.5) is 4.79 Å². The van der Waals surface area contributed by atoms with Crippen molar-refractivity contribution in [2.75, 3.05) is 6.61 Å². The van der Waals surface area contributed by atoms with Gasteiger partial charge in [0.2, 0.25) is 0 Å². The van der Waals surface area contributed by atoms with Crippen molar-refractivity contribution in [2.24, 2.45) is 0 Å². The van der Waals surface area contributed by atoms with Gasteiger partial charge < -0.3 is 9.47 Å². The van der Waals surface area contributed by atoms with E-state index >= 15 is 0 Å². The molecule has 0 bridgehead atoms. The van der Waals surface area contributed by atoms with E-state index in [0.717, 1.165) is 29.5 Å². The van der Waals surface area contributed by atoms with E-state index in [1.807, 2.05) is 18.2 Å². The number of carbonyl (C=O) groups excluding carboxylic acids is 1. The third-order valence-corrected chi connectivity index (χ3v) is 3.66. The zero-order valence-corrected chi connectivity index (χ0v) is 13.3. The van der Waals surface area contributed by atoms with E-state index in [-0.39, 0.29) is 0 Å². The Kier molecular flexibility index (Phi) is 5.51. The van der Waals surface area contributed by atoms with Crippen LogP contribution in [0.1, 0.15) is 31.4 Å². The largest absolute Gasteiger partial charge is 0.513 e. The fraction of sp³-hybridized carbons (Fsp3) is 0.353. The molecule has 0 atom stereocenters. The molecule has 112 valence electrons. The summed E-state index contributed by atoms with van der Waals surface area (Å²) in [6.07, 6.45) is 1.33. The molecule has 2 rings (SSSR count). The monoisotopic (exact) mass is 304 g/mol. The summed E-state index contributed by atoms with van der Waals surface area (Å²) in [5.74, 6) is 1.24. The highest BCUT2D eigenvalue weighted by atomic mass is 32.1. The second-order valence-corrected chi connectivity index (χ2v) is 5.11. The predicted octanol–water partition coefficient (Wildman–Crippen LogP) is 4.71. The summed E-state index contributed by atoms with van der Waals surface area (Å²) >= 11 is 4.30. The van der Waals surface area contributed by atoms with E-state index in [2.05, 4.69) is 31.7 Å². The molecule has 0 aromatic heterocycles.